The van der Waals surface area contributed by atoms with Gasteiger partial charge in [0.05, 0.1) is 20.6 Å². The summed E-state index contributed by atoms with van der Waals surface area (Å²) in [6.07, 6.45) is 0.218. The topological polar surface area (TPSA) is 47.6 Å². The highest BCUT2D eigenvalue weighted by Gasteiger charge is 2.11. The number of halogens is 1. The Balaban J connectivity index is 2.12. The first-order valence-electron chi connectivity index (χ1n) is 6.80. The minimum atomic E-state index is -0.103. The van der Waals surface area contributed by atoms with Crippen molar-refractivity contribution in [2.24, 2.45) is 0 Å². The first-order valence-corrected chi connectivity index (χ1v) is 7.59. The van der Waals surface area contributed by atoms with E-state index >= 15 is 0 Å². The number of nitrogens with one attached hydrogen (secondary N) is 1. The number of aryl methyl sites for hydroxylation is 1. The number of hydrogen-bond donors (Lipinski definition) is 1. The van der Waals surface area contributed by atoms with Gasteiger partial charge in [-0.15, -0.1) is 0 Å². The van der Waals surface area contributed by atoms with E-state index in [1.165, 1.54) is 0 Å². The third-order valence-corrected chi connectivity index (χ3v) is 4.17. The number of carbonyl (C=O) groups excluding carboxylic acids is 1. The Bertz CT molecular complexity index is 686. The highest BCUT2D eigenvalue weighted by molar-refractivity contribution is 9.10. The van der Waals surface area contributed by atoms with Crippen molar-refractivity contribution >= 4 is 27.5 Å². The van der Waals surface area contributed by atoms with E-state index in [0.29, 0.717) is 11.5 Å². The van der Waals surface area contributed by atoms with Crippen LogP contribution in [-0.4, -0.2) is 20.1 Å². The predicted octanol–water partition coefficient (Wildman–Crippen LogP) is 3.96. The van der Waals surface area contributed by atoms with Crippen molar-refractivity contribution in [3.8, 4) is 11.5 Å². The van der Waals surface area contributed by atoms with Gasteiger partial charge < -0.3 is 14.8 Å². The van der Waals surface area contributed by atoms with Crippen LogP contribution in [0.4, 0.5) is 5.69 Å². The molecule has 0 aliphatic heterocycles. The smallest absolute Gasteiger partial charge is 0.228 e. The molecule has 0 unspecified atom stereocenters. The predicted molar refractivity (Wildman–Crippen MR) is 90.8 cm³/mol. The quantitative estimate of drug-likeness (QED) is 0.874. The number of benzene rings is 2. The summed E-state index contributed by atoms with van der Waals surface area (Å²) in [5, 5.41) is 2.89. The van der Waals surface area contributed by atoms with Crippen LogP contribution in [0.1, 0.15) is 11.1 Å². The first kappa shape index (κ1) is 16.4. The Kier molecular flexibility index (Phi) is 5.44. The second kappa shape index (κ2) is 7.31. The maximum absolute atomic E-state index is 12.2. The SMILES string of the molecule is COc1ccc(OC)c(CC(=O)Nc2ccc(Br)c(C)c2)c1. The van der Waals surface area contributed by atoms with Crippen molar-refractivity contribution < 1.29 is 14.3 Å². The van der Waals surface area contributed by atoms with Crippen LogP contribution in [-0.2, 0) is 11.2 Å². The van der Waals surface area contributed by atoms with Gasteiger partial charge in [0.15, 0.2) is 0 Å². The van der Waals surface area contributed by atoms with Crippen LogP contribution in [0.3, 0.4) is 0 Å². The summed E-state index contributed by atoms with van der Waals surface area (Å²) in [6, 6.07) is 11.1. The molecule has 0 spiro atoms. The van der Waals surface area contributed by atoms with Gasteiger partial charge in [-0.3, -0.25) is 4.79 Å². The highest BCUT2D eigenvalue weighted by atomic mass is 79.9. The van der Waals surface area contributed by atoms with Gasteiger partial charge in [-0.2, -0.15) is 0 Å². The van der Waals surface area contributed by atoms with Gasteiger partial charge in [0.25, 0.3) is 0 Å². The molecule has 0 bridgehead atoms. The van der Waals surface area contributed by atoms with Gasteiger partial charge in [0.1, 0.15) is 11.5 Å². The van der Waals surface area contributed by atoms with E-state index in [-0.39, 0.29) is 12.3 Å². The molecule has 0 radical (unpaired) electrons. The van der Waals surface area contributed by atoms with Crippen molar-refractivity contribution in [1.29, 1.82) is 0 Å². The fraction of sp³-hybridized carbons (Fsp3) is 0.235. The maximum Gasteiger partial charge on any atom is 0.228 e. The lowest BCUT2D eigenvalue weighted by molar-refractivity contribution is -0.115. The summed E-state index contributed by atoms with van der Waals surface area (Å²) < 4.78 is 11.5. The molecule has 5 heteroatoms. The lowest BCUT2D eigenvalue weighted by Crippen LogP contribution is -2.15. The molecule has 0 saturated carbocycles. The fourth-order valence-corrected chi connectivity index (χ4v) is 2.37. The van der Waals surface area contributed by atoms with Crippen LogP contribution in [0.5, 0.6) is 11.5 Å². The van der Waals surface area contributed by atoms with Crippen molar-refractivity contribution in [3.63, 3.8) is 0 Å². The average Bonchev–Trinajstić information content (AvgIpc) is 2.50. The second-order valence-electron chi connectivity index (χ2n) is 4.87. The van der Waals surface area contributed by atoms with Gasteiger partial charge >= 0.3 is 0 Å². The molecule has 1 N–H and O–H groups in total. The molecule has 0 aliphatic rings. The van der Waals surface area contributed by atoms with Crippen molar-refractivity contribution in [1.82, 2.24) is 0 Å². The molecule has 1 amide bonds. The van der Waals surface area contributed by atoms with Crippen LogP contribution in [0.25, 0.3) is 0 Å². The highest BCUT2D eigenvalue weighted by Crippen LogP contribution is 2.25. The van der Waals surface area contributed by atoms with E-state index in [1.807, 2.05) is 31.2 Å². The van der Waals surface area contributed by atoms with Crippen LogP contribution in [0.2, 0.25) is 0 Å². The monoisotopic (exact) mass is 363 g/mol. The zero-order valence-corrected chi connectivity index (χ0v) is 14.4. The lowest BCUT2D eigenvalue weighted by atomic mass is 10.1. The van der Waals surface area contributed by atoms with Crippen molar-refractivity contribution in [2.75, 3.05) is 19.5 Å². The summed E-state index contributed by atoms with van der Waals surface area (Å²) in [4.78, 5) is 12.2. The van der Waals surface area contributed by atoms with Gasteiger partial charge in [0, 0.05) is 15.7 Å². The summed E-state index contributed by atoms with van der Waals surface area (Å²) >= 11 is 3.44. The van der Waals surface area contributed by atoms with Crippen LogP contribution in [0, 0.1) is 6.92 Å². The molecule has 0 heterocycles. The van der Waals surface area contributed by atoms with Gasteiger partial charge in [-0.05, 0) is 48.9 Å². The number of hydrogen-bond acceptors (Lipinski definition) is 3. The molecule has 116 valence electrons. The number of rotatable bonds is 5. The molecule has 0 fully saturated rings. The van der Waals surface area contributed by atoms with E-state index in [0.717, 1.165) is 21.3 Å². The van der Waals surface area contributed by atoms with E-state index in [9.17, 15) is 4.79 Å². The van der Waals surface area contributed by atoms with E-state index in [4.69, 9.17) is 9.47 Å². The standard InChI is InChI=1S/C17H18BrNO3/c1-11-8-13(4-6-15(11)18)19-17(20)10-12-9-14(21-2)5-7-16(12)22-3/h4-9H,10H2,1-3H3,(H,19,20). The number of methoxy groups -OCH3 is 2. The van der Waals surface area contributed by atoms with E-state index in [2.05, 4.69) is 21.2 Å². The molecule has 0 saturated heterocycles. The number of amides is 1. The summed E-state index contributed by atoms with van der Waals surface area (Å²) in [5.74, 6) is 1.26. The molecule has 22 heavy (non-hydrogen) atoms. The van der Waals surface area contributed by atoms with Crippen LogP contribution in [0.15, 0.2) is 40.9 Å². The van der Waals surface area contributed by atoms with Crippen molar-refractivity contribution in [2.45, 2.75) is 13.3 Å². The molecule has 0 aliphatic carbocycles. The summed E-state index contributed by atoms with van der Waals surface area (Å²) in [7, 11) is 3.18. The third-order valence-electron chi connectivity index (χ3n) is 3.28. The minimum absolute atomic E-state index is 0.103. The average molecular weight is 364 g/mol. The Morgan fingerprint density at radius 3 is 2.55 bits per heavy atom. The maximum atomic E-state index is 12.2. The summed E-state index contributed by atoms with van der Waals surface area (Å²) in [6.45, 7) is 1.98. The Morgan fingerprint density at radius 2 is 1.91 bits per heavy atom. The third kappa shape index (κ3) is 4.01. The Hall–Kier alpha value is -2.01. The lowest BCUT2D eigenvalue weighted by Gasteiger charge is -2.11. The molecule has 2 aromatic rings. The normalized spacial score (nSPS) is 10.2. The minimum Gasteiger partial charge on any atom is -0.497 e. The molecule has 0 aromatic heterocycles. The van der Waals surface area contributed by atoms with E-state index < -0.39 is 0 Å². The molecule has 0 atom stereocenters. The zero-order chi connectivity index (χ0) is 16.1. The number of anilines is 1. The van der Waals surface area contributed by atoms with Crippen molar-refractivity contribution in [3.05, 3.63) is 52.0 Å². The fourth-order valence-electron chi connectivity index (χ4n) is 2.12. The van der Waals surface area contributed by atoms with Gasteiger partial charge in [-0.25, -0.2) is 0 Å². The second-order valence-corrected chi connectivity index (χ2v) is 5.72. The van der Waals surface area contributed by atoms with Gasteiger partial charge in [0.2, 0.25) is 5.91 Å². The summed E-state index contributed by atoms with van der Waals surface area (Å²) in [5.41, 5.74) is 2.62. The van der Waals surface area contributed by atoms with E-state index in [1.54, 1.807) is 26.4 Å². The molecule has 4 nitrogen and oxygen atoms in total. The first-order chi connectivity index (χ1) is 10.5. The molecule has 2 aromatic carbocycles. The molecular formula is C17H18BrNO3. The Morgan fingerprint density at radius 1 is 1.14 bits per heavy atom. The largest absolute Gasteiger partial charge is 0.497 e. The van der Waals surface area contributed by atoms with Gasteiger partial charge in [-0.1, -0.05) is 15.9 Å². The molecular weight excluding hydrogens is 346 g/mol. The zero-order valence-electron chi connectivity index (χ0n) is 12.8. The molecule has 2 rings (SSSR count). The van der Waals surface area contributed by atoms with Crippen LogP contribution >= 0.6 is 15.9 Å². The number of carbonyl (C=O) groups is 1. The Labute approximate surface area is 138 Å². The number of ether oxygens (including phenoxy) is 2. The van der Waals surface area contributed by atoms with Crippen LogP contribution < -0.4 is 14.8 Å².